The van der Waals surface area contributed by atoms with Crippen molar-refractivity contribution in [2.75, 3.05) is 0 Å². The van der Waals surface area contributed by atoms with Gasteiger partial charge in [0.15, 0.2) is 0 Å². The molecule has 1 atom stereocenters. The van der Waals surface area contributed by atoms with Crippen LogP contribution in [-0.4, -0.2) is 0 Å². The molecule has 11 heavy (non-hydrogen) atoms. The maximum atomic E-state index is 5.93. The van der Waals surface area contributed by atoms with Crippen LogP contribution in [-0.2, 0) is 0 Å². The van der Waals surface area contributed by atoms with Gasteiger partial charge in [0.25, 0.3) is 0 Å². The number of rotatable bonds is 3. The molecule has 1 heterocycles. The second kappa shape index (κ2) is 3.88. The third kappa shape index (κ3) is 2.31. The van der Waals surface area contributed by atoms with Gasteiger partial charge in [0.1, 0.15) is 0 Å². The predicted octanol–water partition coefficient (Wildman–Crippen LogP) is 2.86. The van der Waals surface area contributed by atoms with Crippen LogP contribution in [0.1, 0.15) is 35.6 Å². The monoisotopic (exact) mass is 169 g/mol. The molecule has 0 aliphatic rings. The fraction of sp³-hybridized carbons (Fsp3) is 0.556. The molecule has 0 saturated carbocycles. The summed E-state index contributed by atoms with van der Waals surface area (Å²) in [6, 6.07) is 4.54. The van der Waals surface area contributed by atoms with E-state index < -0.39 is 0 Å². The zero-order valence-electron chi connectivity index (χ0n) is 7.13. The molecule has 0 aromatic carbocycles. The molecule has 0 fully saturated rings. The molecule has 2 heteroatoms. The molecule has 2 N–H and O–H groups in total. The fourth-order valence-corrected chi connectivity index (χ4v) is 2.02. The highest BCUT2D eigenvalue weighted by atomic mass is 32.1. The van der Waals surface area contributed by atoms with E-state index in [0.717, 1.165) is 12.8 Å². The van der Waals surface area contributed by atoms with E-state index in [1.54, 1.807) is 0 Å². The third-order valence-corrected chi connectivity index (χ3v) is 2.86. The van der Waals surface area contributed by atoms with E-state index in [-0.39, 0.29) is 6.04 Å². The molecule has 1 aromatic heterocycles. The highest BCUT2D eigenvalue weighted by Crippen LogP contribution is 2.23. The maximum absolute atomic E-state index is 5.93. The van der Waals surface area contributed by atoms with Crippen molar-refractivity contribution in [3.8, 4) is 0 Å². The van der Waals surface area contributed by atoms with Crippen LogP contribution >= 0.6 is 11.3 Å². The van der Waals surface area contributed by atoms with Crippen LogP contribution in [0.5, 0.6) is 0 Å². The molecule has 0 saturated heterocycles. The Hall–Kier alpha value is -0.340. The normalized spacial score (nSPS) is 13.4. The highest BCUT2D eigenvalue weighted by Gasteiger charge is 2.05. The van der Waals surface area contributed by atoms with Crippen molar-refractivity contribution in [1.29, 1.82) is 0 Å². The third-order valence-electron chi connectivity index (χ3n) is 1.73. The fourth-order valence-electron chi connectivity index (χ4n) is 1.11. The summed E-state index contributed by atoms with van der Waals surface area (Å²) in [6.07, 6.45) is 2.26. The van der Waals surface area contributed by atoms with Crippen molar-refractivity contribution in [2.24, 2.45) is 5.73 Å². The van der Waals surface area contributed by atoms with Crippen molar-refractivity contribution in [2.45, 2.75) is 32.7 Å². The van der Waals surface area contributed by atoms with Crippen molar-refractivity contribution >= 4 is 11.3 Å². The smallest absolute Gasteiger partial charge is 0.0389 e. The van der Waals surface area contributed by atoms with E-state index in [4.69, 9.17) is 5.73 Å². The van der Waals surface area contributed by atoms with Crippen LogP contribution in [0, 0.1) is 6.92 Å². The maximum Gasteiger partial charge on any atom is 0.0389 e. The van der Waals surface area contributed by atoms with Gasteiger partial charge in [-0.3, -0.25) is 0 Å². The predicted molar refractivity (Wildman–Crippen MR) is 50.9 cm³/mol. The van der Waals surface area contributed by atoms with Gasteiger partial charge in [0, 0.05) is 15.8 Å². The lowest BCUT2D eigenvalue weighted by Gasteiger charge is -2.05. The Bertz CT molecular complexity index is 217. The van der Waals surface area contributed by atoms with Crippen LogP contribution in [0.4, 0.5) is 0 Å². The summed E-state index contributed by atoms with van der Waals surface area (Å²) in [6.45, 7) is 4.28. The van der Waals surface area contributed by atoms with E-state index in [2.05, 4.69) is 26.0 Å². The molecular formula is C9H15NS. The number of hydrogen-bond donors (Lipinski definition) is 1. The highest BCUT2D eigenvalue weighted by molar-refractivity contribution is 7.12. The van der Waals surface area contributed by atoms with E-state index in [1.807, 2.05) is 11.3 Å². The Labute approximate surface area is 72.2 Å². The molecule has 62 valence electrons. The molecule has 0 amide bonds. The number of thiophene rings is 1. The lowest BCUT2D eigenvalue weighted by Crippen LogP contribution is -2.07. The average Bonchev–Trinajstić information content (AvgIpc) is 2.36. The Morgan fingerprint density at radius 1 is 1.55 bits per heavy atom. The lowest BCUT2D eigenvalue weighted by molar-refractivity contribution is 0.648. The Kier molecular flexibility index (Phi) is 3.09. The van der Waals surface area contributed by atoms with Crippen LogP contribution in [0.15, 0.2) is 12.1 Å². The molecule has 1 aromatic rings. The van der Waals surface area contributed by atoms with Gasteiger partial charge in [-0.1, -0.05) is 13.3 Å². The first kappa shape index (κ1) is 8.75. The number of hydrogen-bond acceptors (Lipinski definition) is 2. The summed E-state index contributed by atoms with van der Waals surface area (Å²) in [5.41, 5.74) is 5.93. The first-order chi connectivity index (χ1) is 5.24. The minimum Gasteiger partial charge on any atom is -0.323 e. The zero-order valence-corrected chi connectivity index (χ0v) is 7.95. The molecule has 0 radical (unpaired) electrons. The zero-order chi connectivity index (χ0) is 8.27. The van der Waals surface area contributed by atoms with Gasteiger partial charge in [-0.15, -0.1) is 11.3 Å². The van der Waals surface area contributed by atoms with Crippen molar-refractivity contribution in [3.05, 3.63) is 21.9 Å². The van der Waals surface area contributed by atoms with Gasteiger partial charge >= 0.3 is 0 Å². The molecule has 1 rings (SSSR count). The van der Waals surface area contributed by atoms with E-state index in [1.165, 1.54) is 9.75 Å². The summed E-state index contributed by atoms with van der Waals surface area (Å²) in [7, 11) is 0. The van der Waals surface area contributed by atoms with Gasteiger partial charge in [0.05, 0.1) is 0 Å². The van der Waals surface area contributed by atoms with Gasteiger partial charge in [-0.05, 0) is 25.5 Å². The van der Waals surface area contributed by atoms with Crippen molar-refractivity contribution in [3.63, 3.8) is 0 Å². The Morgan fingerprint density at radius 3 is 2.73 bits per heavy atom. The summed E-state index contributed by atoms with van der Waals surface area (Å²) >= 11 is 1.81. The first-order valence-electron chi connectivity index (χ1n) is 4.06. The van der Waals surface area contributed by atoms with Crippen LogP contribution in [0.25, 0.3) is 0 Å². The van der Waals surface area contributed by atoms with E-state index in [9.17, 15) is 0 Å². The summed E-state index contributed by atoms with van der Waals surface area (Å²) in [4.78, 5) is 2.68. The van der Waals surface area contributed by atoms with E-state index in [0.29, 0.717) is 0 Å². The number of aryl methyl sites for hydroxylation is 1. The second-order valence-electron chi connectivity index (χ2n) is 2.84. The molecule has 1 unspecified atom stereocenters. The van der Waals surface area contributed by atoms with Gasteiger partial charge in [-0.2, -0.15) is 0 Å². The van der Waals surface area contributed by atoms with Gasteiger partial charge in [-0.25, -0.2) is 0 Å². The molecule has 0 bridgehead atoms. The topological polar surface area (TPSA) is 26.0 Å². The van der Waals surface area contributed by atoms with E-state index >= 15 is 0 Å². The molecule has 0 spiro atoms. The first-order valence-corrected chi connectivity index (χ1v) is 4.87. The van der Waals surface area contributed by atoms with Crippen LogP contribution in [0.2, 0.25) is 0 Å². The van der Waals surface area contributed by atoms with Gasteiger partial charge in [0.2, 0.25) is 0 Å². The lowest BCUT2D eigenvalue weighted by atomic mass is 10.1. The average molecular weight is 169 g/mol. The van der Waals surface area contributed by atoms with Gasteiger partial charge < -0.3 is 5.73 Å². The molecule has 1 nitrogen and oxygen atoms in total. The second-order valence-corrected chi connectivity index (χ2v) is 4.16. The summed E-state index contributed by atoms with van der Waals surface area (Å²) in [5.74, 6) is 0. The molecule has 0 aliphatic carbocycles. The summed E-state index contributed by atoms with van der Waals surface area (Å²) in [5, 5.41) is 0. The Morgan fingerprint density at radius 2 is 2.27 bits per heavy atom. The number of nitrogens with two attached hydrogens (primary N) is 1. The molecule has 0 aliphatic heterocycles. The Balaban J connectivity index is 2.60. The van der Waals surface area contributed by atoms with Crippen LogP contribution < -0.4 is 5.73 Å². The largest absolute Gasteiger partial charge is 0.323 e. The van der Waals surface area contributed by atoms with Crippen molar-refractivity contribution < 1.29 is 0 Å². The standard InChI is InChI=1S/C9H15NS/c1-3-4-8(10)9-6-5-7(2)11-9/h5-6,8H,3-4,10H2,1-2H3. The molecular weight excluding hydrogens is 154 g/mol. The quantitative estimate of drug-likeness (QED) is 0.739. The SMILES string of the molecule is CCCC(N)c1ccc(C)s1. The minimum atomic E-state index is 0.263. The summed E-state index contributed by atoms with van der Waals surface area (Å²) < 4.78 is 0. The van der Waals surface area contributed by atoms with Crippen molar-refractivity contribution in [1.82, 2.24) is 0 Å². The van der Waals surface area contributed by atoms with Crippen LogP contribution in [0.3, 0.4) is 0 Å². The minimum absolute atomic E-state index is 0.263.